The number of nitrogens with zero attached hydrogens (tertiary/aromatic N) is 3. The van der Waals surface area contributed by atoms with Gasteiger partial charge in [-0.3, -0.25) is 0 Å². The minimum Gasteiger partial charge on any atom is -0.489 e. The lowest BCUT2D eigenvalue weighted by atomic mass is 9.80. The molecule has 0 bridgehead atoms. The van der Waals surface area contributed by atoms with E-state index >= 15 is 0 Å². The maximum atomic E-state index is 11.9. The van der Waals surface area contributed by atoms with Crippen molar-refractivity contribution >= 4 is 22.9 Å². The lowest BCUT2D eigenvalue weighted by molar-refractivity contribution is 0.136. The van der Waals surface area contributed by atoms with Crippen LogP contribution in [0.3, 0.4) is 0 Å². The summed E-state index contributed by atoms with van der Waals surface area (Å²) in [6.07, 6.45) is 5.14. The smallest absolute Gasteiger partial charge is 0.407 e. The van der Waals surface area contributed by atoms with E-state index in [1.807, 2.05) is 55.5 Å². The van der Waals surface area contributed by atoms with Gasteiger partial charge in [0, 0.05) is 30.9 Å². The third-order valence-corrected chi connectivity index (χ3v) is 6.93. The van der Waals surface area contributed by atoms with Crippen molar-refractivity contribution in [2.45, 2.75) is 32.4 Å². The third kappa shape index (κ3) is 5.89. The summed E-state index contributed by atoms with van der Waals surface area (Å²) in [4.78, 5) is 20.8. The highest BCUT2D eigenvalue weighted by Crippen LogP contribution is 2.43. The zero-order chi connectivity index (χ0) is 26.3. The molecule has 0 radical (unpaired) electrons. The summed E-state index contributed by atoms with van der Waals surface area (Å²) in [5, 5.41) is 6.86. The second kappa shape index (κ2) is 12.0. The molecule has 1 aliphatic carbocycles. The maximum Gasteiger partial charge on any atom is 0.407 e. The van der Waals surface area contributed by atoms with Crippen LogP contribution in [0.2, 0.25) is 0 Å². The Morgan fingerprint density at radius 2 is 1.97 bits per heavy atom. The van der Waals surface area contributed by atoms with Crippen LogP contribution in [0.25, 0.3) is 22.2 Å². The van der Waals surface area contributed by atoms with Crippen LogP contribution in [0.5, 0.6) is 5.75 Å². The number of nitrogens with two attached hydrogens (primary N) is 1. The molecule has 1 amide bonds. The molecule has 2 aromatic carbocycles. The van der Waals surface area contributed by atoms with Gasteiger partial charge in [0.1, 0.15) is 36.8 Å². The van der Waals surface area contributed by atoms with Crippen LogP contribution < -0.4 is 21.1 Å². The molecule has 0 unspecified atom stereocenters. The van der Waals surface area contributed by atoms with E-state index in [0.717, 1.165) is 52.9 Å². The molecule has 0 spiro atoms. The number of hydrogen-bond acceptors (Lipinski definition) is 7. The fourth-order valence-electron chi connectivity index (χ4n) is 4.87. The van der Waals surface area contributed by atoms with Crippen molar-refractivity contribution in [2.75, 3.05) is 32.0 Å². The molecule has 4 N–H and O–H groups in total. The first kappa shape index (κ1) is 25.5. The Labute approximate surface area is 222 Å². The molecule has 2 heterocycles. The van der Waals surface area contributed by atoms with Crippen LogP contribution in [0.4, 0.5) is 10.6 Å². The van der Waals surface area contributed by atoms with E-state index in [2.05, 4.69) is 37.4 Å². The molecule has 5 rings (SSSR count). The summed E-state index contributed by atoms with van der Waals surface area (Å²) in [6, 6.07) is 18.4. The molecule has 198 valence electrons. The maximum absolute atomic E-state index is 11.9. The lowest BCUT2D eigenvalue weighted by Gasteiger charge is -2.36. The van der Waals surface area contributed by atoms with Crippen molar-refractivity contribution in [1.29, 1.82) is 0 Å². The number of ether oxygens (including phenoxy) is 2. The lowest BCUT2D eigenvalue weighted by Crippen LogP contribution is -2.37. The average Bonchev–Trinajstić information content (AvgIpc) is 3.30. The number of rotatable bonds is 11. The van der Waals surface area contributed by atoms with E-state index in [-0.39, 0.29) is 12.1 Å². The van der Waals surface area contributed by atoms with Gasteiger partial charge in [-0.2, -0.15) is 0 Å². The Hall–Kier alpha value is -4.11. The first-order valence-corrected chi connectivity index (χ1v) is 13.1. The first-order chi connectivity index (χ1) is 18.6. The van der Waals surface area contributed by atoms with E-state index in [1.54, 1.807) is 0 Å². The van der Waals surface area contributed by atoms with Crippen molar-refractivity contribution in [3.8, 4) is 16.9 Å². The number of carbonyl (C=O) groups excluding carboxylic acids is 1. The molecular weight excluding hydrogens is 480 g/mol. The van der Waals surface area contributed by atoms with Crippen LogP contribution >= 0.6 is 0 Å². The van der Waals surface area contributed by atoms with Gasteiger partial charge in [0.25, 0.3) is 0 Å². The van der Waals surface area contributed by atoms with Crippen LogP contribution in [0.1, 0.15) is 31.4 Å². The van der Waals surface area contributed by atoms with Gasteiger partial charge in [0.15, 0.2) is 0 Å². The Bertz CT molecular complexity index is 1370. The third-order valence-electron chi connectivity index (χ3n) is 6.93. The van der Waals surface area contributed by atoms with Gasteiger partial charge in [0.2, 0.25) is 0 Å². The molecule has 0 atom stereocenters. The molecule has 1 saturated carbocycles. The zero-order valence-electron chi connectivity index (χ0n) is 21.6. The van der Waals surface area contributed by atoms with E-state index in [1.165, 1.54) is 6.33 Å². The fourth-order valence-corrected chi connectivity index (χ4v) is 4.87. The topological polar surface area (TPSA) is 116 Å². The average molecular weight is 515 g/mol. The summed E-state index contributed by atoms with van der Waals surface area (Å²) in [5.74, 6) is 1.63. The number of carbonyl (C=O) groups is 1. The molecule has 0 saturated heterocycles. The molecule has 4 aromatic rings. The molecule has 2 aromatic heterocycles. The number of alkyl carbamates (subject to hydrolysis) is 1. The molecular formula is C29H34N6O3. The SMILES string of the molecule is CCNCCOC(=O)NCC1CC(n2cc(-c3cccc(OCc4ccccc4)c3)c3c(N)ncnc32)C1. The first-order valence-electron chi connectivity index (χ1n) is 13.1. The van der Waals surface area contributed by atoms with Gasteiger partial charge < -0.3 is 30.4 Å². The van der Waals surface area contributed by atoms with Crippen molar-refractivity contribution < 1.29 is 14.3 Å². The number of nitrogen functional groups attached to an aromatic ring is 1. The van der Waals surface area contributed by atoms with Crippen LogP contribution in [0.15, 0.2) is 67.1 Å². The number of anilines is 1. The van der Waals surface area contributed by atoms with E-state index in [0.29, 0.717) is 38.0 Å². The van der Waals surface area contributed by atoms with Crippen LogP contribution in [-0.2, 0) is 11.3 Å². The predicted octanol–water partition coefficient (Wildman–Crippen LogP) is 4.55. The quantitative estimate of drug-likeness (QED) is 0.252. The molecule has 1 aliphatic rings. The number of aromatic nitrogens is 3. The second-order valence-corrected chi connectivity index (χ2v) is 9.57. The van der Waals surface area contributed by atoms with Gasteiger partial charge in [-0.25, -0.2) is 14.8 Å². The van der Waals surface area contributed by atoms with Gasteiger partial charge in [-0.05, 0) is 48.6 Å². The van der Waals surface area contributed by atoms with Gasteiger partial charge in [-0.15, -0.1) is 0 Å². The summed E-state index contributed by atoms with van der Waals surface area (Å²) in [7, 11) is 0. The highest BCUT2D eigenvalue weighted by Gasteiger charge is 2.32. The highest BCUT2D eigenvalue weighted by molar-refractivity contribution is 6.00. The minimum atomic E-state index is -0.366. The number of nitrogens with one attached hydrogen (secondary N) is 2. The number of hydrogen-bond donors (Lipinski definition) is 3. The summed E-state index contributed by atoms with van der Waals surface area (Å²) < 4.78 is 13.5. The minimum absolute atomic E-state index is 0.273. The molecule has 9 nitrogen and oxygen atoms in total. The summed E-state index contributed by atoms with van der Waals surface area (Å²) in [5.41, 5.74) is 10.3. The molecule has 1 fully saturated rings. The standard InChI is InChI=1S/C29H34N6O3/c1-2-31-11-12-37-29(36)32-16-21-13-23(14-21)35-17-25(26-27(30)33-19-34-28(26)35)22-9-6-10-24(15-22)38-18-20-7-4-3-5-8-20/h3-10,15,17,19,21,23,31H,2,11-14,16,18H2,1H3,(H,32,36)(H2,30,33,34). The Morgan fingerprint density at radius 1 is 1.13 bits per heavy atom. The van der Waals surface area contributed by atoms with E-state index in [9.17, 15) is 4.79 Å². The summed E-state index contributed by atoms with van der Waals surface area (Å²) >= 11 is 0. The van der Waals surface area contributed by atoms with Crippen molar-refractivity contribution in [3.63, 3.8) is 0 Å². The van der Waals surface area contributed by atoms with Crippen LogP contribution in [-0.4, -0.2) is 46.9 Å². The Balaban J connectivity index is 1.26. The van der Waals surface area contributed by atoms with E-state index in [4.69, 9.17) is 15.2 Å². The molecule has 9 heteroatoms. The number of likely N-dealkylation sites (N-methyl/N-ethyl adjacent to an activating group) is 1. The van der Waals surface area contributed by atoms with Gasteiger partial charge in [0.05, 0.1) is 5.39 Å². The van der Waals surface area contributed by atoms with Crippen molar-refractivity contribution in [1.82, 2.24) is 25.2 Å². The van der Waals surface area contributed by atoms with Gasteiger partial charge >= 0.3 is 6.09 Å². The highest BCUT2D eigenvalue weighted by atomic mass is 16.5. The van der Waals surface area contributed by atoms with E-state index < -0.39 is 0 Å². The second-order valence-electron chi connectivity index (χ2n) is 9.57. The number of benzene rings is 2. The Kier molecular flexibility index (Phi) is 8.04. The van der Waals surface area contributed by atoms with Gasteiger partial charge in [-0.1, -0.05) is 49.4 Å². The van der Waals surface area contributed by atoms with Crippen molar-refractivity contribution in [2.24, 2.45) is 5.92 Å². The summed E-state index contributed by atoms with van der Waals surface area (Å²) in [6.45, 7) is 4.99. The predicted molar refractivity (Wildman–Crippen MR) is 148 cm³/mol. The fraction of sp³-hybridized carbons (Fsp3) is 0.345. The molecule has 0 aliphatic heterocycles. The number of amides is 1. The largest absolute Gasteiger partial charge is 0.489 e. The van der Waals surface area contributed by atoms with Crippen LogP contribution in [0, 0.1) is 5.92 Å². The normalized spacial score (nSPS) is 16.7. The zero-order valence-corrected chi connectivity index (χ0v) is 21.6. The number of fused-ring (bicyclic) bond motifs is 1. The monoisotopic (exact) mass is 514 g/mol. The van der Waals surface area contributed by atoms with Crippen molar-refractivity contribution in [3.05, 3.63) is 72.7 Å². The molecule has 38 heavy (non-hydrogen) atoms. The Morgan fingerprint density at radius 3 is 2.79 bits per heavy atom.